The van der Waals surface area contributed by atoms with Crippen molar-refractivity contribution in [2.45, 2.75) is 13.2 Å². The minimum atomic E-state index is -0.0504. The van der Waals surface area contributed by atoms with Crippen molar-refractivity contribution in [1.82, 2.24) is 9.55 Å². The average molecular weight is 317 g/mol. The van der Waals surface area contributed by atoms with Crippen LogP contribution in [0.2, 0.25) is 0 Å². The van der Waals surface area contributed by atoms with Crippen LogP contribution in [0.15, 0.2) is 53.0 Å². The van der Waals surface area contributed by atoms with Crippen LogP contribution in [-0.4, -0.2) is 14.7 Å². The molecular weight excluding hydrogens is 304 g/mol. The van der Waals surface area contributed by atoms with Gasteiger partial charge in [0.05, 0.1) is 11.0 Å². The summed E-state index contributed by atoms with van der Waals surface area (Å²) in [5.74, 6) is 0.698. The molecule has 0 aliphatic carbocycles. The number of rotatable bonds is 3. The van der Waals surface area contributed by atoms with Gasteiger partial charge in [-0.15, -0.1) is 0 Å². The van der Waals surface area contributed by atoms with Crippen LogP contribution in [0.1, 0.15) is 11.4 Å². The molecule has 3 nitrogen and oxygen atoms in total. The Bertz CT molecular complexity index is 704. The molecule has 0 aliphatic heterocycles. The third-order valence-corrected chi connectivity index (χ3v) is 3.66. The lowest BCUT2D eigenvalue weighted by atomic mass is 10.2. The molecule has 2 aromatic carbocycles. The van der Waals surface area contributed by atoms with Gasteiger partial charge in [-0.3, -0.25) is 0 Å². The molecule has 0 saturated carbocycles. The van der Waals surface area contributed by atoms with Crippen LogP contribution >= 0.6 is 15.9 Å². The predicted octanol–water partition coefficient (Wildman–Crippen LogP) is 3.34. The van der Waals surface area contributed by atoms with Crippen LogP contribution in [0.25, 0.3) is 11.0 Å². The summed E-state index contributed by atoms with van der Waals surface area (Å²) in [4.78, 5) is 4.45. The number of hydrogen-bond donors (Lipinski definition) is 1. The zero-order chi connectivity index (χ0) is 13.2. The van der Waals surface area contributed by atoms with Crippen molar-refractivity contribution in [3.63, 3.8) is 0 Å². The van der Waals surface area contributed by atoms with E-state index in [1.807, 2.05) is 36.4 Å². The van der Waals surface area contributed by atoms with E-state index in [-0.39, 0.29) is 6.61 Å². The van der Waals surface area contributed by atoms with Crippen molar-refractivity contribution >= 4 is 27.0 Å². The van der Waals surface area contributed by atoms with E-state index in [4.69, 9.17) is 0 Å². The first kappa shape index (κ1) is 12.4. The van der Waals surface area contributed by atoms with Gasteiger partial charge in [-0.1, -0.05) is 40.2 Å². The largest absolute Gasteiger partial charge is 0.388 e. The van der Waals surface area contributed by atoms with Gasteiger partial charge < -0.3 is 9.67 Å². The van der Waals surface area contributed by atoms with Gasteiger partial charge in [-0.25, -0.2) is 4.98 Å². The zero-order valence-electron chi connectivity index (χ0n) is 10.3. The smallest absolute Gasteiger partial charge is 0.136 e. The Morgan fingerprint density at radius 2 is 1.79 bits per heavy atom. The molecule has 3 aromatic rings. The van der Waals surface area contributed by atoms with Gasteiger partial charge in [0.15, 0.2) is 0 Å². The highest BCUT2D eigenvalue weighted by Gasteiger charge is 2.09. The fraction of sp³-hybridized carbons (Fsp3) is 0.133. The first-order chi connectivity index (χ1) is 9.28. The number of nitrogens with zero attached hydrogens (tertiary/aromatic N) is 2. The zero-order valence-corrected chi connectivity index (χ0v) is 11.8. The van der Waals surface area contributed by atoms with Crippen molar-refractivity contribution in [3.05, 3.63) is 64.4 Å². The Hall–Kier alpha value is -1.65. The van der Waals surface area contributed by atoms with E-state index < -0.39 is 0 Å². The molecule has 1 aromatic heterocycles. The Morgan fingerprint density at radius 3 is 2.53 bits per heavy atom. The van der Waals surface area contributed by atoms with E-state index >= 15 is 0 Å². The van der Waals surface area contributed by atoms with Crippen molar-refractivity contribution in [3.8, 4) is 0 Å². The summed E-state index contributed by atoms with van der Waals surface area (Å²) in [6.07, 6.45) is 0. The van der Waals surface area contributed by atoms with Gasteiger partial charge in [0.25, 0.3) is 0 Å². The van der Waals surface area contributed by atoms with Gasteiger partial charge in [-0.2, -0.15) is 0 Å². The highest BCUT2D eigenvalue weighted by molar-refractivity contribution is 9.10. The molecule has 19 heavy (non-hydrogen) atoms. The average Bonchev–Trinajstić information content (AvgIpc) is 2.79. The Balaban J connectivity index is 2.06. The number of aromatic nitrogens is 2. The van der Waals surface area contributed by atoms with E-state index in [1.165, 1.54) is 5.56 Å². The second-order valence-corrected chi connectivity index (χ2v) is 5.30. The van der Waals surface area contributed by atoms with Gasteiger partial charge in [0.2, 0.25) is 0 Å². The predicted molar refractivity (Wildman–Crippen MR) is 78.9 cm³/mol. The first-order valence-electron chi connectivity index (χ1n) is 6.07. The molecule has 3 rings (SSSR count). The van der Waals surface area contributed by atoms with Crippen molar-refractivity contribution in [2.24, 2.45) is 0 Å². The minimum absolute atomic E-state index is 0.0504. The molecule has 1 heterocycles. The van der Waals surface area contributed by atoms with Crippen LogP contribution in [0.3, 0.4) is 0 Å². The third-order valence-electron chi connectivity index (χ3n) is 3.13. The maximum absolute atomic E-state index is 9.45. The van der Waals surface area contributed by atoms with Crippen LogP contribution < -0.4 is 0 Å². The maximum Gasteiger partial charge on any atom is 0.136 e. The lowest BCUT2D eigenvalue weighted by molar-refractivity contribution is 0.267. The van der Waals surface area contributed by atoms with Crippen LogP contribution in [0.4, 0.5) is 0 Å². The quantitative estimate of drug-likeness (QED) is 0.804. The topological polar surface area (TPSA) is 38.1 Å². The maximum atomic E-state index is 9.45. The lowest BCUT2D eigenvalue weighted by Gasteiger charge is -2.08. The fourth-order valence-corrected chi connectivity index (χ4v) is 2.46. The van der Waals surface area contributed by atoms with Gasteiger partial charge in [0, 0.05) is 11.0 Å². The van der Waals surface area contributed by atoms with E-state index in [2.05, 4.69) is 37.6 Å². The normalized spacial score (nSPS) is 11.1. The van der Waals surface area contributed by atoms with Crippen LogP contribution in [-0.2, 0) is 13.2 Å². The molecule has 0 radical (unpaired) electrons. The molecule has 0 aliphatic rings. The van der Waals surface area contributed by atoms with E-state index in [1.54, 1.807) is 0 Å². The third kappa shape index (κ3) is 2.41. The highest BCUT2D eigenvalue weighted by atomic mass is 79.9. The van der Waals surface area contributed by atoms with E-state index in [9.17, 15) is 5.11 Å². The van der Waals surface area contributed by atoms with Crippen molar-refractivity contribution in [1.29, 1.82) is 0 Å². The standard InChI is InChI=1S/C15H13BrN2O/c16-12-7-5-11(6-8-12)9-18-14-4-2-1-3-13(14)17-15(18)10-19/h1-8,19H,9-10H2. The summed E-state index contributed by atoms with van der Waals surface area (Å²) in [5, 5.41) is 9.45. The summed E-state index contributed by atoms with van der Waals surface area (Å²) < 4.78 is 3.12. The summed E-state index contributed by atoms with van der Waals surface area (Å²) in [5.41, 5.74) is 3.15. The van der Waals surface area contributed by atoms with Gasteiger partial charge in [-0.05, 0) is 29.8 Å². The molecule has 96 valence electrons. The number of para-hydroxylation sites is 2. The molecular formula is C15H13BrN2O. The summed E-state index contributed by atoms with van der Waals surface area (Å²) in [6.45, 7) is 0.662. The number of imidazole rings is 1. The molecule has 0 bridgehead atoms. The molecule has 0 unspecified atom stereocenters. The lowest BCUT2D eigenvalue weighted by Crippen LogP contribution is -2.05. The molecule has 0 saturated heterocycles. The molecule has 1 N–H and O–H groups in total. The van der Waals surface area contributed by atoms with Crippen molar-refractivity contribution < 1.29 is 5.11 Å². The number of aliphatic hydroxyl groups is 1. The molecule has 4 heteroatoms. The monoisotopic (exact) mass is 316 g/mol. The number of benzene rings is 2. The summed E-state index contributed by atoms with van der Waals surface area (Å²) in [7, 11) is 0. The SMILES string of the molecule is OCc1nc2ccccc2n1Cc1ccc(Br)cc1. The molecule has 0 spiro atoms. The van der Waals surface area contributed by atoms with E-state index in [0.29, 0.717) is 12.4 Å². The highest BCUT2D eigenvalue weighted by Crippen LogP contribution is 2.19. The van der Waals surface area contributed by atoms with Crippen molar-refractivity contribution in [2.75, 3.05) is 0 Å². The minimum Gasteiger partial charge on any atom is -0.388 e. The van der Waals surface area contributed by atoms with Crippen LogP contribution in [0, 0.1) is 0 Å². The number of hydrogen-bond acceptors (Lipinski definition) is 2. The number of fused-ring (bicyclic) bond motifs is 1. The first-order valence-corrected chi connectivity index (χ1v) is 6.86. The summed E-state index contributed by atoms with van der Waals surface area (Å²) >= 11 is 3.43. The molecule has 0 atom stereocenters. The number of halogens is 1. The second kappa shape index (κ2) is 5.15. The Kier molecular flexibility index (Phi) is 3.36. The van der Waals surface area contributed by atoms with Crippen LogP contribution in [0.5, 0.6) is 0 Å². The Morgan fingerprint density at radius 1 is 1.05 bits per heavy atom. The summed E-state index contributed by atoms with van der Waals surface area (Å²) in [6, 6.07) is 16.1. The van der Waals surface area contributed by atoms with Gasteiger partial charge >= 0.3 is 0 Å². The Labute approximate surface area is 119 Å². The second-order valence-electron chi connectivity index (χ2n) is 4.39. The molecule has 0 fully saturated rings. The van der Waals surface area contributed by atoms with E-state index in [0.717, 1.165) is 15.5 Å². The van der Waals surface area contributed by atoms with Gasteiger partial charge in [0.1, 0.15) is 12.4 Å². The molecule has 0 amide bonds. The fourth-order valence-electron chi connectivity index (χ4n) is 2.19. The number of aliphatic hydroxyl groups excluding tert-OH is 1.